The summed E-state index contributed by atoms with van der Waals surface area (Å²) in [7, 11) is 0. The predicted molar refractivity (Wildman–Crippen MR) is 122 cm³/mol. The molecule has 0 amide bonds. The second-order valence-electron chi connectivity index (χ2n) is 7.66. The van der Waals surface area contributed by atoms with Crippen LogP contribution >= 0.6 is 11.3 Å². The third-order valence-corrected chi connectivity index (χ3v) is 6.63. The molecule has 2 aromatic carbocycles. The largest absolute Gasteiger partial charge is 0.454 e. The van der Waals surface area contributed by atoms with Crippen LogP contribution in [0.5, 0.6) is 11.5 Å². The summed E-state index contributed by atoms with van der Waals surface area (Å²) in [6.07, 6.45) is 0.657. The molecule has 2 aromatic heterocycles. The van der Waals surface area contributed by atoms with Crippen LogP contribution in [0.4, 0.5) is 0 Å². The van der Waals surface area contributed by atoms with E-state index in [0.29, 0.717) is 22.6 Å². The van der Waals surface area contributed by atoms with Crippen LogP contribution in [-0.4, -0.2) is 34.2 Å². The van der Waals surface area contributed by atoms with Crippen LogP contribution < -0.4 is 15.0 Å². The Morgan fingerprint density at radius 2 is 2.00 bits per heavy atom. The van der Waals surface area contributed by atoms with Crippen LogP contribution in [0.15, 0.2) is 59.7 Å². The third kappa shape index (κ3) is 4.00. The Balaban J connectivity index is 1.27. The maximum atomic E-state index is 13.1. The second kappa shape index (κ2) is 8.74. The van der Waals surface area contributed by atoms with Crippen molar-refractivity contribution in [1.29, 1.82) is 0 Å². The average Bonchev–Trinajstić information content (AvgIpc) is 3.40. The number of ether oxygens (including phenoxy) is 3. The summed E-state index contributed by atoms with van der Waals surface area (Å²) in [5.41, 5.74) is 2.75. The van der Waals surface area contributed by atoms with Crippen LogP contribution in [0.2, 0.25) is 0 Å². The molecule has 0 saturated carbocycles. The number of benzene rings is 2. The van der Waals surface area contributed by atoms with Gasteiger partial charge in [0.25, 0.3) is 5.56 Å². The number of rotatable bonds is 7. The summed E-state index contributed by atoms with van der Waals surface area (Å²) in [5.74, 6) is 1.41. The van der Waals surface area contributed by atoms with Crippen molar-refractivity contribution in [2.75, 3.05) is 13.4 Å². The van der Waals surface area contributed by atoms with E-state index in [1.54, 1.807) is 0 Å². The summed E-state index contributed by atoms with van der Waals surface area (Å²) in [6.45, 7) is 2.70. The summed E-state index contributed by atoms with van der Waals surface area (Å²) in [6, 6.07) is 15.6. The lowest BCUT2D eigenvalue weighted by Gasteiger charge is -2.13. The zero-order valence-electron chi connectivity index (χ0n) is 17.5. The maximum absolute atomic E-state index is 13.1. The van der Waals surface area contributed by atoms with Gasteiger partial charge < -0.3 is 19.3 Å². The molecule has 1 atom stereocenters. The van der Waals surface area contributed by atoms with Gasteiger partial charge in [-0.15, -0.1) is 11.3 Å². The number of hydrogen-bond donors (Lipinski definition) is 1. The molecule has 0 spiro atoms. The van der Waals surface area contributed by atoms with Gasteiger partial charge in [-0.1, -0.05) is 36.4 Å². The van der Waals surface area contributed by atoms with Crippen molar-refractivity contribution in [3.8, 4) is 21.9 Å². The molecule has 0 radical (unpaired) electrons. The average molecular weight is 451 g/mol. The Labute approximate surface area is 188 Å². The second-order valence-corrected chi connectivity index (χ2v) is 8.66. The smallest absolute Gasteiger partial charge is 0.262 e. The molecule has 0 aliphatic carbocycles. The van der Waals surface area contributed by atoms with Gasteiger partial charge in [-0.25, -0.2) is 4.98 Å². The third-order valence-electron chi connectivity index (χ3n) is 5.38. The van der Waals surface area contributed by atoms with Gasteiger partial charge >= 0.3 is 0 Å². The van der Waals surface area contributed by atoms with Gasteiger partial charge in [-0.2, -0.15) is 0 Å². The molecule has 4 aromatic rings. The van der Waals surface area contributed by atoms with E-state index >= 15 is 0 Å². The maximum Gasteiger partial charge on any atom is 0.262 e. The first-order chi connectivity index (χ1) is 15.6. The van der Waals surface area contributed by atoms with E-state index in [0.717, 1.165) is 27.3 Å². The Morgan fingerprint density at radius 3 is 2.84 bits per heavy atom. The molecular weight excluding hydrogens is 428 g/mol. The van der Waals surface area contributed by atoms with Gasteiger partial charge in [0.05, 0.1) is 37.6 Å². The topological polar surface area (TPSA) is 82.8 Å². The van der Waals surface area contributed by atoms with Crippen molar-refractivity contribution < 1.29 is 19.3 Å². The van der Waals surface area contributed by atoms with Gasteiger partial charge in [0.2, 0.25) is 6.79 Å². The number of fused-ring (bicyclic) bond motifs is 2. The molecule has 164 valence electrons. The minimum Gasteiger partial charge on any atom is -0.454 e. The fourth-order valence-corrected chi connectivity index (χ4v) is 4.92. The first-order valence-corrected chi connectivity index (χ1v) is 11.1. The van der Waals surface area contributed by atoms with Gasteiger partial charge in [0.1, 0.15) is 4.83 Å². The van der Waals surface area contributed by atoms with Gasteiger partial charge in [-0.3, -0.25) is 9.36 Å². The van der Waals surface area contributed by atoms with E-state index in [9.17, 15) is 9.90 Å². The highest BCUT2D eigenvalue weighted by atomic mass is 32.1. The lowest BCUT2D eigenvalue weighted by atomic mass is 10.1. The van der Waals surface area contributed by atoms with Crippen LogP contribution in [0.1, 0.15) is 11.1 Å². The molecule has 32 heavy (non-hydrogen) atoms. The molecule has 0 unspecified atom stereocenters. The number of aromatic nitrogens is 2. The number of hydrogen-bond acceptors (Lipinski definition) is 7. The van der Waals surface area contributed by atoms with Crippen LogP contribution in [0, 0.1) is 6.92 Å². The molecule has 1 aliphatic heterocycles. The Bertz CT molecular complexity index is 1320. The minimum absolute atomic E-state index is 0.0941. The summed E-state index contributed by atoms with van der Waals surface area (Å²) >= 11 is 1.51. The lowest BCUT2D eigenvalue weighted by molar-refractivity contribution is 0.0198. The molecule has 0 fully saturated rings. The highest BCUT2D eigenvalue weighted by Gasteiger charge is 2.17. The standard InChI is InChI=1S/C24H22N2O5S/c1-15-21-23(32-22(15)17-5-3-2-4-6-17)25-13-26(24(21)28)10-18(27)12-29-11-16-7-8-19-20(9-16)31-14-30-19/h2-9,13,18,27H,10-12,14H2,1H3/t18-/m0/s1. The number of thiophene rings is 1. The lowest BCUT2D eigenvalue weighted by Crippen LogP contribution is -2.29. The van der Waals surface area contributed by atoms with Crippen LogP contribution in [-0.2, 0) is 17.9 Å². The number of aliphatic hydroxyl groups excluding tert-OH is 1. The summed E-state index contributed by atoms with van der Waals surface area (Å²) < 4.78 is 17.8. The van der Waals surface area contributed by atoms with Crippen molar-refractivity contribution in [3.63, 3.8) is 0 Å². The zero-order chi connectivity index (χ0) is 22.1. The van der Waals surface area contributed by atoms with E-state index in [-0.39, 0.29) is 25.5 Å². The molecule has 3 heterocycles. The molecule has 5 rings (SSSR count). The van der Waals surface area contributed by atoms with Gasteiger partial charge in [0, 0.05) is 4.88 Å². The van der Waals surface area contributed by atoms with Gasteiger partial charge in [0.15, 0.2) is 11.5 Å². The minimum atomic E-state index is -0.839. The summed E-state index contributed by atoms with van der Waals surface area (Å²) in [4.78, 5) is 19.3. The van der Waals surface area contributed by atoms with E-state index < -0.39 is 6.10 Å². The van der Waals surface area contributed by atoms with E-state index in [1.807, 2.05) is 55.5 Å². The molecule has 1 aliphatic rings. The van der Waals surface area contributed by atoms with Gasteiger partial charge in [-0.05, 0) is 35.7 Å². The molecule has 1 N–H and O–H groups in total. The first kappa shape index (κ1) is 20.7. The Hall–Kier alpha value is -3.20. The van der Waals surface area contributed by atoms with E-state index in [2.05, 4.69) is 4.98 Å². The molecular formula is C24H22N2O5S. The predicted octanol–water partition coefficient (Wildman–Crippen LogP) is 3.74. The van der Waals surface area contributed by atoms with Crippen molar-refractivity contribution in [2.24, 2.45) is 0 Å². The fraction of sp³-hybridized carbons (Fsp3) is 0.250. The highest BCUT2D eigenvalue weighted by molar-refractivity contribution is 7.22. The summed E-state index contributed by atoms with van der Waals surface area (Å²) in [5, 5.41) is 11.0. The molecule has 8 heteroatoms. The quantitative estimate of drug-likeness (QED) is 0.462. The SMILES string of the molecule is Cc1c(-c2ccccc2)sc2ncn(C[C@H](O)COCc3ccc4c(c3)OCO4)c(=O)c12. The number of aliphatic hydroxyl groups is 1. The molecule has 0 bridgehead atoms. The number of nitrogens with zero attached hydrogens (tertiary/aromatic N) is 2. The normalized spacial score (nSPS) is 13.6. The van der Waals surface area contributed by atoms with E-state index in [1.165, 1.54) is 22.2 Å². The highest BCUT2D eigenvalue weighted by Crippen LogP contribution is 2.35. The van der Waals surface area contributed by atoms with E-state index in [4.69, 9.17) is 14.2 Å². The van der Waals surface area contributed by atoms with Crippen molar-refractivity contribution >= 4 is 21.6 Å². The Morgan fingerprint density at radius 1 is 1.19 bits per heavy atom. The molecule has 7 nitrogen and oxygen atoms in total. The fourth-order valence-electron chi connectivity index (χ4n) is 3.78. The number of aryl methyl sites for hydroxylation is 1. The molecule has 0 saturated heterocycles. The van der Waals surface area contributed by atoms with Crippen molar-refractivity contribution in [3.05, 3.63) is 76.3 Å². The first-order valence-electron chi connectivity index (χ1n) is 10.3. The monoisotopic (exact) mass is 450 g/mol. The Kier molecular flexibility index (Phi) is 5.65. The van der Waals surface area contributed by atoms with Crippen molar-refractivity contribution in [2.45, 2.75) is 26.2 Å². The zero-order valence-corrected chi connectivity index (χ0v) is 18.3. The van der Waals surface area contributed by atoms with Crippen LogP contribution in [0.25, 0.3) is 20.7 Å². The van der Waals surface area contributed by atoms with Crippen LogP contribution in [0.3, 0.4) is 0 Å². The van der Waals surface area contributed by atoms with Crippen molar-refractivity contribution in [1.82, 2.24) is 9.55 Å².